The fourth-order valence-electron chi connectivity index (χ4n) is 4.03. The number of aromatic hydroxyl groups is 1. The Kier molecular flexibility index (Phi) is 7.84. The molecule has 0 radical (unpaired) electrons. The zero-order valence-corrected chi connectivity index (χ0v) is 20.0. The average Bonchev–Trinajstić information content (AvgIpc) is 2.77. The van der Waals surface area contributed by atoms with E-state index in [1.165, 1.54) is 26.4 Å². The van der Waals surface area contributed by atoms with Crippen LogP contribution in [0.1, 0.15) is 31.9 Å². The fourth-order valence-corrected chi connectivity index (χ4v) is 4.03. The lowest BCUT2D eigenvalue weighted by Crippen LogP contribution is -2.63. The first-order valence-electron chi connectivity index (χ1n) is 10.8. The van der Waals surface area contributed by atoms with Crippen molar-refractivity contribution < 1.29 is 43.5 Å². The molecule has 188 valence electrons. The van der Waals surface area contributed by atoms with Crippen LogP contribution in [0.25, 0.3) is 11.0 Å². The van der Waals surface area contributed by atoms with Gasteiger partial charge in [-0.15, -0.1) is 0 Å². The average molecular weight is 481 g/mol. The molecule has 1 aromatic carbocycles. The molecule has 0 saturated carbocycles. The normalized spacial score (nSPS) is 24.9. The monoisotopic (exact) mass is 481 g/mol. The Morgan fingerprint density at radius 2 is 1.91 bits per heavy atom. The van der Waals surface area contributed by atoms with Crippen LogP contribution < -0.4 is 10.4 Å². The van der Waals surface area contributed by atoms with Crippen LogP contribution in [0, 0.1) is 6.92 Å². The highest BCUT2D eigenvalue weighted by atomic mass is 16.7. The van der Waals surface area contributed by atoms with E-state index in [0.29, 0.717) is 12.2 Å². The number of nitrogens with zero attached hydrogens (tertiary/aromatic N) is 1. The second-order valence-electron chi connectivity index (χ2n) is 8.38. The summed E-state index contributed by atoms with van der Waals surface area (Å²) in [5.41, 5.74) is -1.43. The number of rotatable bonds is 8. The summed E-state index contributed by atoms with van der Waals surface area (Å²) in [7, 11) is 2.73. The topological polar surface area (TPSA) is 149 Å². The molecule has 1 aliphatic heterocycles. The van der Waals surface area contributed by atoms with E-state index < -0.39 is 35.8 Å². The van der Waals surface area contributed by atoms with Gasteiger partial charge in [-0.1, -0.05) is 5.16 Å². The lowest BCUT2D eigenvalue weighted by atomic mass is 9.89. The smallest absolute Gasteiger partial charge is 0.349 e. The van der Waals surface area contributed by atoms with E-state index in [1.807, 2.05) is 0 Å². The van der Waals surface area contributed by atoms with E-state index in [0.717, 1.165) is 0 Å². The second-order valence-corrected chi connectivity index (χ2v) is 8.38. The van der Waals surface area contributed by atoms with Crippen molar-refractivity contribution >= 4 is 16.7 Å². The van der Waals surface area contributed by atoms with Crippen LogP contribution in [0.2, 0.25) is 0 Å². The number of aryl methyl sites for hydroxylation is 1. The third-order valence-corrected chi connectivity index (χ3v) is 5.72. The Bertz CT molecular complexity index is 1110. The highest BCUT2D eigenvalue weighted by Crippen LogP contribution is 2.37. The Morgan fingerprint density at radius 1 is 1.21 bits per heavy atom. The van der Waals surface area contributed by atoms with Gasteiger partial charge in [-0.2, -0.15) is 0 Å². The minimum atomic E-state index is -1.40. The van der Waals surface area contributed by atoms with Gasteiger partial charge >= 0.3 is 5.63 Å². The van der Waals surface area contributed by atoms with Crippen LogP contribution in [0.4, 0.5) is 0 Å². The molecule has 0 amide bonds. The largest absolute Gasteiger partial charge is 0.506 e. The standard InChI is InChI=1S/C23H31NO10/c1-7-31-10-13(24-30-6)15-16(25)12-8-9-14(11(2)19(12)33-21(15)28)32-22-18(27)17(26)20(29-5)23(3,4)34-22/h8-9,17-18,20,22,25-27H,7,10H2,1-6H3/b24-13+/t17-,18+,20+,22+/m0/s1. The van der Waals surface area contributed by atoms with Gasteiger partial charge in [-0.25, -0.2) is 4.79 Å². The summed E-state index contributed by atoms with van der Waals surface area (Å²) in [6, 6.07) is 3.04. The van der Waals surface area contributed by atoms with Crippen molar-refractivity contribution in [3.8, 4) is 11.5 Å². The van der Waals surface area contributed by atoms with Gasteiger partial charge in [0.2, 0.25) is 6.29 Å². The van der Waals surface area contributed by atoms with Crippen LogP contribution in [-0.4, -0.2) is 78.7 Å². The molecule has 0 aliphatic carbocycles. The minimum Gasteiger partial charge on any atom is -0.506 e. The van der Waals surface area contributed by atoms with Crippen molar-refractivity contribution in [1.29, 1.82) is 0 Å². The minimum absolute atomic E-state index is 0.0637. The van der Waals surface area contributed by atoms with E-state index in [1.54, 1.807) is 27.7 Å². The Morgan fingerprint density at radius 3 is 2.53 bits per heavy atom. The molecule has 1 saturated heterocycles. The van der Waals surface area contributed by atoms with Gasteiger partial charge in [-0.3, -0.25) is 0 Å². The summed E-state index contributed by atoms with van der Waals surface area (Å²) in [5.74, 6) is -0.115. The number of methoxy groups -OCH3 is 1. The summed E-state index contributed by atoms with van der Waals surface area (Å²) in [4.78, 5) is 17.6. The first kappa shape index (κ1) is 25.9. The lowest BCUT2D eigenvalue weighted by Gasteiger charge is -2.46. The van der Waals surface area contributed by atoms with Gasteiger partial charge in [-0.05, 0) is 39.8 Å². The molecule has 0 unspecified atom stereocenters. The second kappa shape index (κ2) is 10.3. The van der Waals surface area contributed by atoms with Crippen molar-refractivity contribution in [1.82, 2.24) is 0 Å². The third kappa shape index (κ3) is 4.75. The van der Waals surface area contributed by atoms with E-state index in [9.17, 15) is 20.1 Å². The molecule has 0 spiro atoms. The first-order chi connectivity index (χ1) is 16.1. The van der Waals surface area contributed by atoms with E-state index in [-0.39, 0.29) is 40.4 Å². The molecule has 4 atom stereocenters. The summed E-state index contributed by atoms with van der Waals surface area (Å²) in [6.07, 6.45) is -4.65. The first-order valence-corrected chi connectivity index (χ1v) is 10.8. The summed E-state index contributed by atoms with van der Waals surface area (Å²) in [6.45, 7) is 7.12. The van der Waals surface area contributed by atoms with Crippen molar-refractivity contribution in [2.45, 2.75) is 57.9 Å². The van der Waals surface area contributed by atoms with Crippen molar-refractivity contribution in [2.75, 3.05) is 27.4 Å². The lowest BCUT2D eigenvalue weighted by molar-refractivity contribution is -0.306. The van der Waals surface area contributed by atoms with Gasteiger partial charge in [0, 0.05) is 19.3 Å². The molecule has 34 heavy (non-hydrogen) atoms. The van der Waals surface area contributed by atoms with E-state index in [4.69, 9.17) is 28.2 Å². The summed E-state index contributed by atoms with van der Waals surface area (Å²) < 4.78 is 27.8. The molecule has 2 heterocycles. The van der Waals surface area contributed by atoms with Crippen molar-refractivity contribution in [2.24, 2.45) is 5.16 Å². The fraction of sp³-hybridized carbons (Fsp3) is 0.565. The molecule has 2 aromatic rings. The molecule has 1 aromatic heterocycles. The van der Waals surface area contributed by atoms with E-state index >= 15 is 0 Å². The van der Waals surface area contributed by atoms with Crippen LogP contribution in [0.5, 0.6) is 11.5 Å². The van der Waals surface area contributed by atoms with Gasteiger partial charge in [0.15, 0.2) is 0 Å². The molecule has 3 rings (SSSR count). The molecule has 0 bridgehead atoms. The summed E-state index contributed by atoms with van der Waals surface area (Å²) >= 11 is 0. The molecule has 11 nitrogen and oxygen atoms in total. The predicted octanol–water partition coefficient (Wildman–Crippen LogP) is 1.44. The van der Waals surface area contributed by atoms with Gasteiger partial charge in [0.1, 0.15) is 53.8 Å². The van der Waals surface area contributed by atoms with Crippen LogP contribution in [0.15, 0.2) is 26.5 Å². The Hall–Kier alpha value is -2.70. The van der Waals surface area contributed by atoms with Gasteiger partial charge in [0.25, 0.3) is 0 Å². The molecule has 1 aliphatic rings. The van der Waals surface area contributed by atoms with Gasteiger partial charge in [0.05, 0.1) is 17.6 Å². The maximum Gasteiger partial charge on any atom is 0.349 e. The predicted molar refractivity (Wildman–Crippen MR) is 121 cm³/mol. The number of hydrogen-bond donors (Lipinski definition) is 3. The molecular formula is C23H31NO10. The number of fused-ring (bicyclic) bond motifs is 1. The number of ether oxygens (including phenoxy) is 4. The Balaban J connectivity index is 2.01. The third-order valence-electron chi connectivity index (χ3n) is 5.72. The quantitative estimate of drug-likeness (QED) is 0.287. The highest BCUT2D eigenvalue weighted by Gasteiger charge is 2.50. The molecule has 1 fully saturated rings. The Labute approximate surface area is 196 Å². The highest BCUT2D eigenvalue weighted by molar-refractivity contribution is 6.06. The molecule has 11 heteroatoms. The maximum atomic E-state index is 12.8. The number of hydrogen-bond acceptors (Lipinski definition) is 11. The molecular weight excluding hydrogens is 450 g/mol. The number of benzene rings is 1. The maximum absolute atomic E-state index is 12.8. The SMILES string of the molecule is CCOC/C(=N\OC)c1c(O)c2ccc(O[C@@H]3OC(C)(C)[C@H](OC)[C@@H](O)[C@H]3O)c(C)c2oc1=O. The van der Waals surface area contributed by atoms with Crippen LogP contribution in [-0.2, 0) is 19.0 Å². The number of aliphatic hydroxyl groups excluding tert-OH is 2. The van der Waals surface area contributed by atoms with Crippen molar-refractivity contribution in [3.05, 3.63) is 33.7 Å². The number of aliphatic hydroxyl groups is 2. The van der Waals surface area contributed by atoms with Crippen LogP contribution >= 0.6 is 0 Å². The van der Waals surface area contributed by atoms with Crippen LogP contribution in [0.3, 0.4) is 0 Å². The van der Waals surface area contributed by atoms with Crippen molar-refractivity contribution in [3.63, 3.8) is 0 Å². The molecule has 3 N–H and O–H groups in total. The summed E-state index contributed by atoms with van der Waals surface area (Å²) in [5, 5.41) is 35.9. The zero-order valence-electron chi connectivity index (χ0n) is 20.0. The van der Waals surface area contributed by atoms with Gasteiger partial charge < -0.3 is 43.5 Å². The zero-order chi connectivity index (χ0) is 25.2. The number of oxime groups is 1. The van der Waals surface area contributed by atoms with E-state index in [2.05, 4.69) is 5.16 Å².